The molecule has 106 valence electrons. The van der Waals surface area contributed by atoms with E-state index < -0.39 is 29.4 Å². The van der Waals surface area contributed by atoms with Gasteiger partial charge in [0.15, 0.2) is 5.75 Å². The molecule has 0 bridgehead atoms. The van der Waals surface area contributed by atoms with Crippen LogP contribution in [0.2, 0.25) is 0 Å². The number of pyridine rings is 1. The van der Waals surface area contributed by atoms with Crippen LogP contribution in [0.1, 0.15) is 11.4 Å². The second-order valence-corrected chi connectivity index (χ2v) is 3.67. The van der Waals surface area contributed by atoms with Crippen molar-refractivity contribution in [3.63, 3.8) is 0 Å². The van der Waals surface area contributed by atoms with Gasteiger partial charge < -0.3 is 14.5 Å². The topological polar surface area (TPSA) is 68.4 Å². The van der Waals surface area contributed by atoms with E-state index in [1.165, 1.54) is 0 Å². The summed E-state index contributed by atoms with van der Waals surface area (Å²) < 4.78 is 44.3. The molecule has 0 amide bonds. The van der Waals surface area contributed by atoms with Crippen LogP contribution in [0, 0.1) is 0 Å². The van der Waals surface area contributed by atoms with E-state index in [1.54, 1.807) is 0 Å². The quantitative estimate of drug-likeness (QED) is 0.679. The van der Waals surface area contributed by atoms with E-state index in [4.69, 9.17) is 11.6 Å². The summed E-state index contributed by atoms with van der Waals surface area (Å²) in [7, 11) is 1.14. The van der Waals surface area contributed by atoms with Crippen molar-refractivity contribution in [3.05, 3.63) is 27.7 Å². The Bertz CT molecular complexity index is 526. The zero-order valence-electron chi connectivity index (χ0n) is 9.64. The Labute approximate surface area is 110 Å². The van der Waals surface area contributed by atoms with Crippen molar-refractivity contribution in [1.82, 2.24) is 4.98 Å². The Morgan fingerprint density at radius 1 is 1.47 bits per heavy atom. The van der Waals surface area contributed by atoms with Crippen molar-refractivity contribution in [2.75, 3.05) is 7.11 Å². The van der Waals surface area contributed by atoms with E-state index in [2.05, 4.69) is 14.5 Å². The maximum absolute atomic E-state index is 12.1. The number of halogens is 4. The fourth-order valence-corrected chi connectivity index (χ4v) is 1.49. The van der Waals surface area contributed by atoms with Gasteiger partial charge in [0.2, 0.25) is 5.43 Å². The molecule has 19 heavy (non-hydrogen) atoms. The van der Waals surface area contributed by atoms with Gasteiger partial charge in [-0.1, -0.05) is 0 Å². The van der Waals surface area contributed by atoms with E-state index in [0.29, 0.717) is 0 Å². The summed E-state index contributed by atoms with van der Waals surface area (Å²) in [6.45, 7) is 0. The van der Waals surface area contributed by atoms with Crippen LogP contribution >= 0.6 is 11.6 Å². The van der Waals surface area contributed by atoms with Crippen LogP contribution < -0.4 is 10.2 Å². The van der Waals surface area contributed by atoms with E-state index >= 15 is 0 Å². The highest BCUT2D eigenvalue weighted by molar-refractivity contribution is 6.17. The average molecular weight is 300 g/mol. The number of methoxy groups -OCH3 is 1. The van der Waals surface area contributed by atoms with E-state index in [0.717, 1.165) is 13.2 Å². The standard InChI is InChI=1S/C10H9ClF3NO4/c1-18-8(17)3-5-2-7(16)9(6(4-11)15-5)19-10(12,13)14/h2H,3-4H2,1H3,(H,15,16). The largest absolute Gasteiger partial charge is 0.573 e. The molecule has 0 aromatic carbocycles. The Hall–Kier alpha value is -1.70. The number of aromatic nitrogens is 1. The molecule has 0 aliphatic rings. The molecule has 0 unspecified atom stereocenters. The fraction of sp³-hybridized carbons (Fsp3) is 0.400. The summed E-state index contributed by atoms with van der Waals surface area (Å²) >= 11 is 5.44. The van der Waals surface area contributed by atoms with Crippen molar-refractivity contribution in [1.29, 1.82) is 0 Å². The number of H-pyrrole nitrogens is 1. The zero-order valence-corrected chi connectivity index (χ0v) is 10.4. The van der Waals surface area contributed by atoms with E-state index in [1.807, 2.05) is 0 Å². The van der Waals surface area contributed by atoms with Crippen molar-refractivity contribution in [2.24, 2.45) is 0 Å². The number of rotatable bonds is 4. The summed E-state index contributed by atoms with van der Waals surface area (Å²) in [5.41, 5.74) is -1.20. The number of esters is 1. The molecule has 0 radical (unpaired) electrons. The smallest absolute Gasteiger partial charge is 0.469 e. The summed E-state index contributed by atoms with van der Waals surface area (Å²) in [6, 6.07) is 0.827. The molecular formula is C10H9ClF3NO4. The van der Waals surface area contributed by atoms with Gasteiger partial charge in [-0.05, 0) is 0 Å². The number of nitrogens with one attached hydrogen (secondary N) is 1. The van der Waals surface area contributed by atoms with Crippen LogP contribution in [0.25, 0.3) is 0 Å². The van der Waals surface area contributed by atoms with E-state index in [-0.39, 0.29) is 17.8 Å². The lowest BCUT2D eigenvalue weighted by molar-refractivity contribution is -0.275. The van der Waals surface area contributed by atoms with Crippen molar-refractivity contribution in [2.45, 2.75) is 18.7 Å². The first-order valence-electron chi connectivity index (χ1n) is 4.90. The normalized spacial score (nSPS) is 11.2. The minimum Gasteiger partial charge on any atom is -0.469 e. The maximum atomic E-state index is 12.1. The third-order valence-corrected chi connectivity index (χ3v) is 2.30. The highest BCUT2D eigenvalue weighted by Gasteiger charge is 2.33. The molecular weight excluding hydrogens is 291 g/mol. The molecule has 0 aliphatic heterocycles. The van der Waals surface area contributed by atoms with Gasteiger partial charge in [-0.15, -0.1) is 24.8 Å². The number of alkyl halides is 4. The number of aromatic amines is 1. The molecule has 1 rings (SSSR count). The average Bonchev–Trinajstić information content (AvgIpc) is 2.30. The molecule has 1 aromatic heterocycles. The van der Waals surface area contributed by atoms with Crippen LogP contribution in [0.4, 0.5) is 13.2 Å². The molecule has 0 aliphatic carbocycles. The summed E-state index contributed by atoms with van der Waals surface area (Å²) in [5.74, 6) is -1.99. The Morgan fingerprint density at radius 2 is 2.11 bits per heavy atom. The van der Waals surface area contributed by atoms with Crippen LogP contribution in [-0.2, 0) is 21.8 Å². The Morgan fingerprint density at radius 3 is 2.58 bits per heavy atom. The predicted molar refractivity (Wildman–Crippen MR) is 59.0 cm³/mol. The third-order valence-electron chi connectivity index (χ3n) is 2.03. The molecule has 1 N–H and O–H groups in total. The first-order valence-corrected chi connectivity index (χ1v) is 5.44. The third kappa shape index (κ3) is 4.47. The number of carbonyl (C=O) groups excluding carboxylic acids is 1. The number of carbonyl (C=O) groups is 1. The van der Waals surface area contributed by atoms with Crippen LogP contribution in [0.15, 0.2) is 10.9 Å². The maximum Gasteiger partial charge on any atom is 0.573 e. The van der Waals surface area contributed by atoms with Gasteiger partial charge in [-0.2, -0.15) is 0 Å². The summed E-state index contributed by atoms with van der Waals surface area (Å²) in [5, 5.41) is 0. The van der Waals surface area contributed by atoms with Gasteiger partial charge in [0.1, 0.15) is 0 Å². The summed E-state index contributed by atoms with van der Waals surface area (Å²) in [4.78, 5) is 25.0. The van der Waals surface area contributed by atoms with Crippen LogP contribution in [-0.4, -0.2) is 24.4 Å². The summed E-state index contributed by atoms with van der Waals surface area (Å²) in [6.07, 6.45) is -5.29. The predicted octanol–water partition coefficient (Wildman–Crippen LogP) is 1.73. The van der Waals surface area contributed by atoms with Gasteiger partial charge in [0, 0.05) is 11.8 Å². The van der Waals surface area contributed by atoms with Gasteiger partial charge >= 0.3 is 12.3 Å². The zero-order chi connectivity index (χ0) is 14.6. The number of ether oxygens (including phenoxy) is 2. The Balaban J connectivity index is 3.15. The van der Waals surface area contributed by atoms with Crippen LogP contribution in [0.5, 0.6) is 5.75 Å². The van der Waals surface area contributed by atoms with E-state index in [9.17, 15) is 22.8 Å². The number of hydrogen-bond donors (Lipinski definition) is 1. The molecule has 1 heterocycles. The molecule has 0 fully saturated rings. The van der Waals surface area contributed by atoms with Crippen molar-refractivity contribution >= 4 is 17.6 Å². The van der Waals surface area contributed by atoms with Crippen LogP contribution in [0.3, 0.4) is 0 Å². The molecule has 5 nitrogen and oxygen atoms in total. The first-order chi connectivity index (χ1) is 8.76. The minimum atomic E-state index is -5.00. The first kappa shape index (κ1) is 15.4. The Kier molecular flexibility index (Phi) is 4.82. The molecule has 0 saturated heterocycles. The molecule has 9 heteroatoms. The van der Waals surface area contributed by atoms with Gasteiger partial charge in [-0.3, -0.25) is 9.59 Å². The highest BCUT2D eigenvalue weighted by Crippen LogP contribution is 2.23. The molecule has 0 spiro atoms. The lowest BCUT2D eigenvalue weighted by atomic mass is 10.2. The lowest BCUT2D eigenvalue weighted by Gasteiger charge is -2.12. The lowest BCUT2D eigenvalue weighted by Crippen LogP contribution is -2.24. The SMILES string of the molecule is COC(=O)Cc1cc(=O)c(OC(F)(F)F)c(CCl)[nH]1. The van der Waals surface area contributed by atoms with Gasteiger partial charge in [-0.25, -0.2) is 0 Å². The van der Waals surface area contributed by atoms with Gasteiger partial charge in [0.05, 0.1) is 25.1 Å². The molecule has 0 saturated carbocycles. The second-order valence-electron chi connectivity index (χ2n) is 3.40. The molecule has 0 atom stereocenters. The second kappa shape index (κ2) is 5.96. The van der Waals surface area contributed by atoms with Crippen molar-refractivity contribution < 1.29 is 27.4 Å². The van der Waals surface area contributed by atoms with Gasteiger partial charge in [0.25, 0.3) is 0 Å². The molecule has 1 aromatic rings. The number of hydrogen-bond acceptors (Lipinski definition) is 4. The highest BCUT2D eigenvalue weighted by atomic mass is 35.5. The minimum absolute atomic E-state index is 0.0852. The van der Waals surface area contributed by atoms with Crippen molar-refractivity contribution in [3.8, 4) is 5.75 Å². The monoisotopic (exact) mass is 299 g/mol. The fourth-order valence-electron chi connectivity index (χ4n) is 1.30.